The summed E-state index contributed by atoms with van der Waals surface area (Å²) in [6.07, 6.45) is 0. The van der Waals surface area contributed by atoms with Crippen LogP contribution in [-0.4, -0.2) is 12.0 Å². The number of rotatable bonds is 5. The monoisotopic (exact) mass is 306 g/mol. The predicted molar refractivity (Wildman–Crippen MR) is 85.5 cm³/mol. The third-order valence-electron chi connectivity index (χ3n) is 3.27. The van der Waals surface area contributed by atoms with Crippen LogP contribution >= 0.6 is 11.3 Å². The molecule has 0 radical (unpaired) electrons. The van der Waals surface area contributed by atoms with E-state index in [9.17, 15) is 10.1 Å². The van der Waals surface area contributed by atoms with E-state index in [1.54, 1.807) is 17.4 Å². The van der Waals surface area contributed by atoms with Gasteiger partial charge in [0, 0.05) is 33.6 Å². The molecule has 0 aliphatic carbocycles. The van der Waals surface area contributed by atoms with Gasteiger partial charge in [0.25, 0.3) is 5.69 Å². The number of hydrogen-bond acceptors (Lipinski definition) is 5. The van der Waals surface area contributed by atoms with E-state index in [0.717, 1.165) is 0 Å². The van der Waals surface area contributed by atoms with Gasteiger partial charge in [-0.3, -0.25) is 10.1 Å². The van der Waals surface area contributed by atoms with Crippen LogP contribution in [0.1, 0.15) is 28.3 Å². The van der Waals surface area contributed by atoms with Crippen LogP contribution in [0.3, 0.4) is 0 Å². The van der Waals surface area contributed by atoms with E-state index < -0.39 is 4.92 Å². The SMILES string of the molecule is COc1cc(NC(C)c2cc(C)sc2C)cc([N+](=O)[O-])c1. The summed E-state index contributed by atoms with van der Waals surface area (Å²) in [6.45, 7) is 6.20. The zero-order valence-electron chi connectivity index (χ0n) is 12.5. The normalized spacial score (nSPS) is 12.0. The molecule has 1 heterocycles. The van der Waals surface area contributed by atoms with Gasteiger partial charge in [0.1, 0.15) is 5.75 Å². The summed E-state index contributed by atoms with van der Waals surface area (Å²) < 4.78 is 5.12. The van der Waals surface area contributed by atoms with Crippen molar-refractivity contribution in [2.24, 2.45) is 0 Å². The highest BCUT2D eigenvalue weighted by Gasteiger charge is 2.14. The van der Waals surface area contributed by atoms with Gasteiger partial charge in [0.05, 0.1) is 18.1 Å². The van der Waals surface area contributed by atoms with Crippen molar-refractivity contribution in [1.29, 1.82) is 0 Å². The average Bonchev–Trinajstić information content (AvgIpc) is 2.77. The Labute approximate surface area is 127 Å². The van der Waals surface area contributed by atoms with Crippen molar-refractivity contribution < 1.29 is 9.66 Å². The molecule has 1 atom stereocenters. The van der Waals surface area contributed by atoms with Gasteiger partial charge in [0.15, 0.2) is 0 Å². The zero-order valence-corrected chi connectivity index (χ0v) is 13.3. The molecule has 21 heavy (non-hydrogen) atoms. The number of ether oxygens (including phenoxy) is 1. The number of benzene rings is 1. The van der Waals surface area contributed by atoms with Crippen LogP contribution in [0.25, 0.3) is 0 Å². The maximum Gasteiger partial charge on any atom is 0.275 e. The van der Waals surface area contributed by atoms with E-state index in [0.29, 0.717) is 11.4 Å². The van der Waals surface area contributed by atoms with Crippen molar-refractivity contribution in [2.45, 2.75) is 26.8 Å². The van der Waals surface area contributed by atoms with Gasteiger partial charge < -0.3 is 10.1 Å². The highest BCUT2D eigenvalue weighted by molar-refractivity contribution is 7.12. The lowest BCUT2D eigenvalue weighted by Crippen LogP contribution is -2.07. The van der Waals surface area contributed by atoms with Gasteiger partial charge in [-0.15, -0.1) is 11.3 Å². The quantitative estimate of drug-likeness (QED) is 0.654. The second kappa shape index (κ2) is 6.13. The van der Waals surface area contributed by atoms with E-state index in [-0.39, 0.29) is 11.7 Å². The molecule has 1 aromatic carbocycles. The summed E-state index contributed by atoms with van der Waals surface area (Å²) in [7, 11) is 1.50. The third kappa shape index (κ3) is 3.52. The minimum absolute atomic E-state index is 0.0160. The first kappa shape index (κ1) is 15.3. The Morgan fingerprint density at radius 3 is 2.52 bits per heavy atom. The molecule has 1 N–H and O–H groups in total. The Balaban J connectivity index is 2.28. The fourth-order valence-electron chi connectivity index (χ4n) is 2.30. The molecule has 0 aliphatic heterocycles. The fraction of sp³-hybridized carbons (Fsp3) is 0.333. The Hall–Kier alpha value is -2.08. The van der Waals surface area contributed by atoms with E-state index in [4.69, 9.17) is 4.74 Å². The second-order valence-corrected chi connectivity index (χ2v) is 6.37. The Bertz CT molecular complexity index is 667. The zero-order chi connectivity index (χ0) is 15.6. The summed E-state index contributed by atoms with van der Waals surface area (Å²) >= 11 is 1.75. The van der Waals surface area contributed by atoms with Gasteiger partial charge in [-0.25, -0.2) is 0 Å². The van der Waals surface area contributed by atoms with Crippen LogP contribution in [-0.2, 0) is 0 Å². The summed E-state index contributed by atoms with van der Waals surface area (Å²) in [5, 5.41) is 14.3. The standard InChI is InChI=1S/C15H18N2O3S/c1-9-5-15(11(3)21-9)10(2)16-12-6-13(17(18)19)8-14(7-12)20-4/h5-8,10,16H,1-4H3. The molecule has 6 heteroatoms. The lowest BCUT2D eigenvalue weighted by Gasteiger charge is -2.16. The molecule has 0 amide bonds. The predicted octanol–water partition coefficient (Wildman–Crippen LogP) is 4.45. The number of hydrogen-bond donors (Lipinski definition) is 1. The highest BCUT2D eigenvalue weighted by atomic mass is 32.1. The number of anilines is 1. The van der Waals surface area contributed by atoms with E-state index in [1.165, 1.54) is 34.6 Å². The average molecular weight is 306 g/mol. The lowest BCUT2D eigenvalue weighted by molar-refractivity contribution is -0.384. The van der Waals surface area contributed by atoms with Crippen molar-refractivity contribution >= 4 is 22.7 Å². The largest absolute Gasteiger partial charge is 0.496 e. The van der Waals surface area contributed by atoms with Crippen molar-refractivity contribution in [2.75, 3.05) is 12.4 Å². The van der Waals surface area contributed by atoms with Crippen molar-refractivity contribution in [3.8, 4) is 5.75 Å². The number of nitrogens with one attached hydrogen (secondary N) is 1. The molecule has 0 fully saturated rings. The number of non-ortho nitro benzene ring substituents is 1. The molecular formula is C15H18N2O3S. The molecule has 0 saturated heterocycles. The maximum absolute atomic E-state index is 11.0. The fourth-order valence-corrected chi connectivity index (χ4v) is 3.32. The van der Waals surface area contributed by atoms with Gasteiger partial charge >= 0.3 is 0 Å². The van der Waals surface area contributed by atoms with Crippen LogP contribution in [0.5, 0.6) is 5.75 Å². The van der Waals surface area contributed by atoms with Gasteiger partial charge in [-0.1, -0.05) is 0 Å². The summed E-state index contributed by atoms with van der Waals surface area (Å²) in [4.78, 5) is 13.1. The molecule has 5 nitrogen and oxygen atoms in total. The maximum atomic E-state index is 11.0. The third-order valence-corrected chi connectivity index (χ3v) is 4.25. The van der Waals surface area contributed by atoms with E-state index >= 15 is 0 Å². The van der Waals surface area contributed by atoms with E-state index in [2.05, 4.69) is 25.2 Å². The van der Waals surface area contributed by atoms with Gasteiger partial charge in [-0.2, -0.15) is 0 Å². The lowest BCUT2D eigenvalue weighted by atomic mass is 10.1. The molecule has 2 aromatic rings. The first-order valence-corrected chi connectivity index (χ1v) is 7.39. The molecule has 2 rings (SSSR count). The smallest absolute Gasteiger partial charge is 0.275 e. The number of aryl methyl sites for hydroxylation is 2. The number of nitrogens with zero attached hydrogens (tertiary/aromatic N) is 1. The Morgan fingerprint density at radius 1 is 1.29 bits per heavy atom. The van der Waals surface area contributed by atoms with Crippen LogP contribution < -0.4 is 10.1 Å². The minimum atomic E-state index is -0.418. The van der Waals surface area contributed by atoms with Crippen LogP contribution in [0, 0.1) is 24.0 Å². The van der Waals surface area contributed by atoms with Gasteiger partial charge in [0.2, 0.25) is 0 Å². The Morgan fingerprint density at radius 2 is 2.00 bits per heavy atom. The topological polar surface area (TPSA) is 64.4 Å². The first-order valence-electron chi connectivity index (χ1n) is 6.57. The van der Waals surface area contributed by atoms with Crippen LogP contribution in [0.15, 0.2) is 24.3 Å². The number of nitro benzene ring substituents is 1. The summed E-state index contributed by atoms with van der Waals surface area (Å²) in [5.41, 5.74) is 1.90. The van der Waals surface area contributed by atoms with E-state index in [1.807, 2.05) is 6.92 Å². The molecule has 112 valence electrons. The summed E-state index contributed by atoms with van der Waals surface area (Å²) in [5.74, 6) is 0.470. The molecule has 0 spiro atoms. The van der Waals surface area contributed by atoms with Crippen molar-refractivity contribution in [3.05, 3.63) is 49.7 Å². The minimum Gasteiger partial charge on any atom is -0.496 e. The molecule has 1 unspecified atom stereocenters. The molecule has 1 aromatic heterocycles. The first-order chi connectivity index (χ1) is 9.90. The molecular weight excluding hydrogens is 288 g/mol. The van der Waals surface area contributed by atoms with Crippen LogP contribution in [0.2, 0.25) is 0 Å². The van der Waals surface area contributed by atoms with Crippen molar-refractivity contribution in [1.82, 2.24) is 0 Å². The summed E-state index contributed by atoms with van der Waals surface area (Å²) in [6, 6.07) is 6.91. The second-order valence-electron chi connectivity index (χ2n) is 4.91. The number of nitro groups is 1. The van der Waals surface area contributed by atoms with Crippen LogP contribution in [0.4, 0.5) is 11.4 Å². The van der Waals surface area contributed by atoms with Gasteiger partial charge in [-0.05, 0) is 32.4 Å². The highest BCUT2D eigenvalue weighted by Crippen LogP contribution is 2.31. The molecule has 0 saturated carbocycles. The Kier molecular flexibility index (Phi) is 4.47. The molecule has 0 aliphatic rings. The molecule has 0 bridgehead atoms. The number of methoxy groups -OCH3 is 1. The van der Waals surface area contributed by atoms with Crippen molar-refractivity contribution in [3.63, 3.8) is 0 Å². The number of thiophene rings is 1.